The van der Waals surface area contributed by atoms with Gasteiger partial charge in [0.2, 0.25) is 0 Å². The van der Waals surface area contributed by atoms with E-state index in [0.717, 1.165) is 36.2 Å². The Hall–Kier alpha value is -3.51. The highest BCUT2D eigenvalue weighted by atomic mass is 32.2. The molecule has 5 rings (SSSR count). The van der Waals surface area contributed by atoms with E-state index in [4.69, 9.17) is 9.90 Å². The topological polar surface area (TPSA) is 109 Å². The number of nitrogens with zero attached hydrogens (tertiary/aromatic N) is 2. The number of allylic oxidation sites excluding steroid dienone is 1. The lowest BCUT2D eigenvalue weighted by molar-refractivity contribution is -0.192. The van der Waals surface area contributed by atoms with Gasteiger partial charge in [0.05, 0.1) is 28.2 Å². The molecule has 0 saturated heterocycles. The van der Waals surface area contributed by atoms with Crippen molar-refractivity contribution in [1.82, 2.24) is 9.55 Å². The molecule has 2 aromatic carbocycles. The molecule has 0 radical (unpaired) electrons. The van der Waals surface area contributed by atoms with Crippen molar-refractivity contribution in [3.05, 3.63) is 77.5 Å². The third-order valence-electron chi connectivity index (χ3n) is 8.01. The Labute approximate surface area is 235 Å². The van der Waals surface area contributed by atoms with Gasteiger partial charge in [-0.3, -0.25) is 0 Å². The second kappa shape index (κ2) is 10.7. The normalized spacial score (nSPS) is 21.9. The summed E-state index contributed by atoms with van der Waals surface area (Å²) in [6.07, 6.45) is 2.80. The molecule has 12 heteroatoms. The summed E-state index contributed by atoms with van der Waals surface area (Å²) < 4.78 is 71.5. The number of carbonyl (C=O) groups is 1. The molecular formula is C29H30F4N2O5S. The van der Waals surface area contributed by atoms with E-state index in [1.807, 2.05) is 12.4 Å². The first kappa shape index (κ1) is 30.4. The van der Waals surface area contributed by atoms with Crippen molar-refractivity contribution in [3.63, 3.8) is 0 Å². The zero-order valence-electron chi connectivity index (χ0n) is 22.6. The molecule has 41 heavy (non-hydrogen) atoms. The van der Waals surface area contributed by atoms with Crippen LogP contribution in [0.3, 0.4) is 0 Å². The third kappa shape index (κ3) is 6.08. The molecule has 3 aromatic rings. The number of carboxylic acid groups (broad SMARTS) is 1. The fourth-order valence-electron chi connectivity index (χ4n) is 5.94. The van der Waals surface area contributed by atoms with E-state index >= 15 is 0 Å². The molecule has 2 N–H and O–H groups in total. The van der Waals surface area contributed by atoms with Crippen LogP contribution in [0.4, 0.5) is 17.6 Å². The average Bonchev–Trinajstić information content (AvgIpc) is 3.28. The van der Waals surface area contributed by atoms with Crippen LogP contribution >= 0.6 is 0 Å². The van der Waals surface area contributed by atoms with Gasteiger partial charge in [-0.2, -0.15) is 13.2 Å². The SMILES string of the molecule is C[C@]12Cn3cnc(-c4ccc(F)cc4)c3C=C1CCC[C@@H]2[C@](C)(O)c1cccc(S(C)(=O)=O)c1.O=C(O)C(F)(F)F. The minimum Gasteiger partial charge on any atom is -0.475 e. The Bertz CT molecular complexity index is 1590. The van der Waals surface area contributed by atoms with E-state index < -0.39 is 27.6 Å². The highest BCUT2D eigenvalue weighted by molar-refractivity contribution is 7.90. The first-order chi connectivity index (χ1) is 18.9. The van der Waals surface area contributed by atoms with Crippen LogP contribution < -0.4 is 0 Å². The Morgan fingerprint density at radius 3 is 2.37 bits per heavy atom. The number of rotatable bonds is 4. The number of fused-ring (bicyclic) bond motifs is 2. The second-order valence-corrected chi connectivity index (χ2v) is 12.9. The zero-order valence-corrected chi connectivity index (χ0v) is 23.4. The van der Waals surface area contributed by atoms with Gasteiger partial charge >= 0.3 is 12.1 Å². The van der Waals surface area contributed by atoms with Crippen LogP contribution in [0.25, 0.3) is 17.3 Å². The van der Waals surface area contributed by atoms with Crippen LogP contribution in [0, 0.1) is 17.2 Å². The lowest BCUT2D eigenvalue weighted by atomic mass is 9.57. The predicted octanol–water partition coefficient (Wildman–Crippen LogP) is 5.84. The molecule has 0 spiro atoms. The summed E-state index contributed by atoms with van der Waals surface area (Å²) >= 11 is 0. The second-order valence-electron chi connectivity index (χ2n) is 10.9. The standard InChI is InChI=1S/C27H29FN2O3S.C2HF3O2/c1-26-16-30-17-29-25(18-10-12-21(28)13-11-18)23(30)15-19(26)6-5-9-24(26)27(2,31)20-7-4-8-22(14-20)34(3,32)33;3-2(4,5)1(6)7/h4,7-8,10-15,17,24,31H,5-6,9,16H2,1-3H3;(H,6,7)/t24-,26-,27+;/m0./s1. The number of halogens is 4. The lowest BCUT2D eigenvalue weighted by Crippen LogP contribution is -2.48. The molecule has 3 atom stereocenters. The van der Waals surface area contributed by atoms with E-state index in [2.05, 4.69) is 22.6 Å². The Balaban J connectivity index is 0.000000493. The molecule has 0 unspecified atom stereocenters. The highest BCUT2D eigenvalue weighted by Crippen LogP contribution is 2.55. The molecule has 1 aliphatic carbocycles. The summed E-state index contributed by atoms with van der Waals surface area (Å²) in [7, 11) is -3.38. The Morgan fingerprint density at radius 2 is 1.78 bits per heavy atom. The summed E-state index contributed by atoms with van der Waals surface area (Å²) in [6, 6.07) is 13.1. The monoisotopic (exact) mass is 594 g/mol. The first-order valence-corrected chi connectivity index (χ1v) is 14.7. The summed E-state index contributed by atoms with van der Waals surface area (Å²) in [5.41, 5.74) is 3.03. The Kier molecular flexibility index (Phi) is 7.96. The number of carboxylic acids is 1. The van der Waals surface area contributed by atoms with Crippen LogP contribution in [0.15, 0.2) is 65.3 Å². The van der Waals surface area contributed by atoms with Gasteiger partial charge in [-0.15, -0.1) is 0 Å². The number of hydrogen-bond donors (Lipinski definition) is 2. The molecule has 1 aromatic heterocycles. The fourth-order valence-corrected chi connectivity index (χ4v) is 6.60. The number of aromatic nitrogens is 2. The van der Waals surface area contributed by atoms with Gasteiger partial charge in [-0.1, -0.05) is 24.6 Å². The summed E-state index contributed by atoms with van der Waals surface area (Å²) in [4.78, 5) is 13.7. The number of imidazole rings is 1. The number of alkyl halides is 3. The van der Waals surface area contributed by atoms with Crippen LogP contribution in [-0.4, -0.2) is 46.6 Å². The van der Waals surface area contributed by atoms with Gasteiger partial charge in [0, 0.05) is 29.7 Å². The summed E-state index contributed by atoms with van der Waals surface area (Å²) in [6.45, 7) is 4.66. The highest BCUT2D eigenvalue weighted by Gasteiger charge is 2.51. The predicted molar refractivity (Wildman–Crippen MR) is 144 cm³/mol. The maximum Gasteiger partial charge on any atom is 0.490 e. The van der Waals surface area contributed by atoms with Crippen molar-refractivity contribution in [2.45, 2.75) is 56.3 Å². The van der Waals surface area contributed by atoms with Gasteiger partial charge < -0.3 is 14.8 Å². The molecule has 0 amide bonds. The van der Waals surface area contributed by atoms with Crippen molar-refractivity contribution < 1.29 is 41.0 Å². The number of aliphatic carboxylic acids is 1. The third-order valence-corrected chi connectivity index (χ3v) is 9.13. The van der Waals surface area contributed by atoms with Gasteiger partial charge in [0.1, 0.15) is 5.82 Å². The molecule has 2 heterocycles. The molecule has 2 aliphatic rings. The molecule has 0 bridgehead atoms. The number of sulfone groups is 1. The van der Waals surface area contributed by atoms with E-state index in [-0.39, 0.29) is 22.0 Å². The van der Waals surface area contributed by atoms with Crippen molar-refractivity contribution in [3.8, 4) is 11.3 Å². The van der Waals surface area contributed by atoms with E-state index in [1.165, 1.54) is 24.0 Å². The van der Waals surface area contributed by atoms with Gasteiger partial charge in [0.25, 0.3) is 0 Å². The van der Waals surface area contributed by atoms with E-state index in [0.29, 0.717) is 12.1 Å². The molecule has 220 valence electrons. The number of aliphatic hydroxyl groups is 1. The number of benzene rings is 2. The van der Waals surface area contributed by atoms with E-state index in [1.54, 1.807) is 37.3 Å². The molecule has 1 aliphatic heterocycles. The quantitative estimate of drug-likeness (QED) is 0.368. The van der Waals surface area contributed by atoms with Gasteiger partial charge in [0.15, 0.2) is 9.84 Å². The van der Waals surface area contributed by atoms with Crippen LogP contribution in [0.5, 0.6) is 0 Å². The smallest absolute Gasteiger partial charge is 0.475 e. The molecule has 1 fully saturated rings. The van der Waals surface area contributed by atoms with Crippen molar-refractivity contribution in [2.24, 2.45) is 11.3 Å². The van der Waals surface area contributed by atoms with Crippen LogP contribution in [-0.2, 0) is 26.8 Å². The molecule has 7 nitrogen and oxygen atoms in total. The average molecular weight is 595 g/mol. The largest absolute Gasteiger partial charge is 0.490 e. The van der Waals surface area contributed by atoms with Crippen molar-refractivity contribution >= 4 is 21.9 Å². The number of hydrogen-bond acceptors (Lipinski definition) is 5. The molecular weight excluding hydrogens is 564 g/mol. The zero-order chi connectivity index (χ0) is 30.4. The summed E-state index contributed by atoms with van der Waals surface area (Å²) in [5.74, 6) is -3.15. The lowest BCUT2D eigenvalue weighted by Gasteiger charge is -2.51. The van der Waals surface area contributed by atoms with Crippen LogP contribution in [0.2, 0.25) is 0 Å². The maximum atomic E-state index is 13.4. The minimum atomic E-state index is -5.08. The summed E-state index contributed by atoms with van der Waals surface area (Å²) in [5, 5.41) is 19.0. The Morgan fingerprint density at radius 1 is 1.15 bits per heavy atom. The first-order valence-electron chi connectivity index (χ1n) is 12.8. The minimum absolute atomic E-state index is 0.111. The fraction of sp³-hybridized carbons (Fsp3) is 0.379. The van der Waals surface area contributed by atoms with Crippen LogP contribution in [0.1, 0.15) is 44.4 Å². The molecule has 1 saturated carbocycles. The van der Waals surface area contributed by atoms with Crippen molar-refractivity contribution in [2.75, 3.05) is 6.26 Å². The van der Waals surface area contributed by atoms with Gasteiger partial charge in [-0.05, 0) is 74.2 Å². The van der Waals surface area contributed by atoms with Gasteiger partial charge in [-0.25, -0.2) is 22.6 Å². The van der Waals surface area contributed by atoms with Crippen molar-refractivity contribution in [1.29, 1.82) is 0 Å². The van der Waals surface area contributed by atoms with E-state index in [9.17, 15) is 31.1 Å². The maximum absolute atomic E-state index is 13.4.